The molecule has 2 heterocycles. The predicted molar refractivity (Wildman–Crippen MR) is 73.2 cm³/mol. The molecule has 17 heavy (non-hydrogen) atoms. The average Bonchev–Trinajstić information content (AvgIpc) is 2.91. The molecule has 0 saturated carbocycles. The summed E-state index contributed by atoms with van der Waals surface area (Å²) in [5.74, 6) is -0.232. The monoisotopic (exact) mass is 295 g/mol. The van der Waals surface area contributed by atoms with Crippen molar-refractivity contribution in [3.8, 4) is 0 Å². The number of rotatable bonds is 4. The molecule has 1 N–H and O–H groups in total. The van der Waals surface area contributed by atoms with Crippen LogP contribution in [0.25, 0.3) is 0 Å². The third kappa shape index (κ3) is 4.43. The van der Waals surface area contributed by atoms with Gasteiger partial charge < -0.3 is 5.32 Å². The number of hydrogen-bond donors (Lipinski definition) is 1. The molecule has 0 aliphatic carbocycles. The van der Waals surface area contributed by atoms with E-state index in [1.54, 1.807) is 0 Å². The van der Waals surface area contributed by atoms with Crippen LogP contribution >= 0.6 is 35.3 Å². The zero-order valence-electron chi connectivity index (χ0n) is 9.32. The third-order valence-corrected chi connectivity index (χ3v) is 3.55. The van der Waals surface area contributed by atoms with Crippen molar-refractivity contribution in [2.45, 2.75) is 19.4 Å². The van der Waals surface area contributed by atoms with Crippen molar-refractivity contribution < 1.29 is 4.79 Å². The molecule has 0 bridgehead atoms. The van der Waals surface area contributed by atoms with Gasteiger partial charge in [0.1, 0.15) is 5.88 Å². The smallest absolute Gasteiger partial charge is 0.241 e. The number of aromatic nitrogens is 1. The van der Waals surface area contributed by atoms with Gasteiger partial charge in [0.2, 0.25) is 5.91 Å². The maximum absolute atomic E-state index is 11.0. The fourth-order valence-electron chi connectivity index (χ4n) is 1.76. The number of halogens is 2. The normalized spacial score (nSPS) is 15.6. The van der Waals surface area contributed by atoms with Crippen molar-refractivity contribution in [2.75, 3.05) is 24.3 Å². The first-order valence-corrected chi connectivity index (χ1v) is 6.72. The Morgan fingerprint density at radius 1 is 1.53 bits per heavy atom. The summed E-state index contributed by atoms with van der Waals surface area (Å²) in [4.78, 5) is 17.8. The standard InChI is InChI=1S/C10H14ClN3OS.ClH/c11-5-9(15)13-10-12-8(7-16-10)6-14-3-1-2-4-14;/h7H,1-6H2,(H,12,13,15);1H. The number of nitrogens with one attached hydrogen (secondary N) is 1. The predicted octanol–water partition coefficient (Wildman–Crippen LogP) is 2.34. The van der Waals surface area contributed by atoms with Crippen molar-refractivity contribution in [1.82, 2.24) is 9.88 Å². The van der Waals surface area contributed by atoms with Crippen LogP contribution in [0.5, 0.6) is 0 Å². The van der Waals surface area contributed by atoms with E-state index in [1.807, 2.05) is 5.38 Å². The Labute approximate surface area is 116 Å². The second kappa shape index (κ2) is 7.16. The summed E-state index contributed by atoms with van der Waals surface area (Å²) in [6.45, 7) is 3.19. The Morgan fingerprint density at radius 3 is 2.88 bits per heavy atom. The van der Waals surface area contributed by atoms with Crippen LogP contribution in [0.3, 0.4) is 0 Å². The molecule has 1 amide bonds. The highest BCUT2D eigenvalue weighted by molar-refractivity contribution is 7.13. The number of amides is 1. The molecule has 0 atom stereocenters. The van der Waals surface area contributed by atoms with E-state index in [2.05, 4.69) is 15.2 Å². The van der Waals surface area contributed by atoms with Crippen LogP contribution in [0.4, 0.5) is 5.13 Å². The van der Waals surface area contributed by atoms with Crippen LogP contribution < -0.4 is 5.32 Å². The van der Waals surface area contributed by atoms with Gasteiger partial charge in [-0.1, -0.05) is 0 Å². The van der Waals surface area contributed by atoms with Gasteiger partial charge in [0.15, 0.2) is 5.13 Å². The summed E-state index contributed by atoms with van der Waals surface area (Å²) < 4.78 is 0. The Balaban J connectivity index is 0.00000144. The summed E-state index contributed by atoms with van der Waals surface area (Å²) in [7, 11) is 0. The van der Waals surface area contributed by atoms with E-state index in [4.69, 9.17) is 11.6 Å². The second-order valence-corrected chi connectivity index (χ2v) is 4.93. The lowest BCUT2D eigenvalue weighted by atomic mass is 10.4. The maximum atomic E-state index is 11.0. The topological polar surface area (TPSA) is 45.2 Å². The lowest BCUT2D eigenvalue weighted by Gasteiger charge is -2.11. The van der Waals surface area contributed by atoms with Gasteiger partial charge in [-0.3, -0.25) is 9.69 Å². The molecule has 96 valence electrons. The highest BCUT2D eigenvalue weighted by atomic mass is 35.5. The lowest BCUT2D eigenvalue weighted by molar-refractivity contribution is -0.113. The number of carbonyl (C=O) groups excluding carboxylic acids is 1. The lowest BCUT2D eigenvalue weighted by Crippen LogP contribution is -2.18. The summed E-state index contributed by atoms with van der Waals surface area (Å²) >= 11 is 6.85. The van der Waals surface area contributed by atoms with Gasteiger partial charge in [0, 0.05) is 11.9 Å². The maximum Gasteiger partial charge on any atom is 0.241 e. The van der Waals surface area contributed by atoms with Crippen molar-refractivity contribution in [3.63, 3.8) is 0 Å². The van der Waals surface area contributed by atoms with Crippen molar-refractivity contribution in [1.29, 1.82) is 0 Å². The zero-order valence-corrected chi connectivity index (χ0v) is 11.7. The Kier molecular flexibility index (Phi) is 6.19. The van der Waals surface area contributed by atoms with Crippen LogP contribution in [0.1, 0.15) is 18.5 Å². The molecule has 1 aliphatic rings. The van der Waals surface area contributed by atoms with Crippen molar-refractivity contribution in [3.05, 3.63) is 11.1 Å². The SMILES string of the molecule is Cl.O=C(CCl)Nc1nc(CN2CCCC2)cs1. The van der Waals surface area contributed by atoms with Crippen LogP contribution in [0.15, 0.2) is 5.38 Å². The molecule has 0 unspecified atom stereocenters. The second-order valence-electron chi connectivity index (χ2n) is 3.81. The highest BCUT2D eigenvalue weighted by Gasteiger charge is 2.13. The van der Waals surface area contributed by atoms with Gasteiger partial charge in [-0.15, -0.1) is 35.3 Å². The van der Waals surface area contributed by atoms with E-state index in [-0.39, 0.29) is 24.2 Å². The minimum Gasteiger partial charge on any atom is -0.301 e. The number of carbonyl (C=O) groups is 1. The quantitative estimate of drug-likeness (QED) is 0.867. The van der Waals surface area contributed by atoms with Gasteiger partial charge >= 0.3 is 0 Å². The van der Waals surface area contributed by atoms with E-state index < -0.39 is 0 Å². The number of likely N-dealkylation sites (tertiary alicyclic amines) is 1. The number of thiazole rings is 1. The first-order chi connectivity index (χ1) is 7.78. The van der Waals surface area contributed by atoms with Crippen molar-refractivity contribution >= 4 is 46.4 Å². The zero-order chi connectivity index (χ0) is 11.4. The van der Waals surface area contributed by atoms with Gasteiger partial charge in [-0.2, -0.15) is 0 Å². The van der Waals surface area contributed by atoms with Gasteiger partial charge in [0.05, 0.1) is 5.69 Å². The fourth-order valence-corrected chi connectivity index (χ4v) is 2.54. The van der Waals surface area contributed by atoms with Gasteiger partial charge in [-0.25, -0.2) is 4.98 Å². The van der Waals surface area contributed by atoms with E-state index in [0.29, 0.717) is 5.13 Å². The third-order valence-electron chi connectivity index (χ3n) is 2.50. The first-order valence-electron chi connectivity index (χ1n) is 5.30. The number of nitrogens with zero attached hydrogens (tertiary/aromatic N) is 2. The van der Waals surface area contributed by atoms with Crippen LogP contribution in [-0.4, -0.2) is 34.8 Å². The molecule has 4 nitrogen and oxygen atoms in total. The summed E-state index contributed by atoms with van der Waals surface area (Å²) in [6, 6.07) is 0. The molecular formula is C10H15Cl2N3OS. The minimum atomic E-state index is -0.205. The highest BCUT2D eigenvalue weighted by Crippen LogP contribution is 2.18. The molecule has 7 heteroatoms. The van der Waals surface area contributed by atoms with Gasteiger partial charge in [0.25, 0.3) is 0 Å². The molecule has 0 spiro atoms. The van der Waals surface area contributed by atoms with Crippen LogP contribution in [0, 0.1) is 0 Å². The Bertz CT molecular complexity index is 366. The molecule has 1 aliphatic heterocycles. The Hall–Kier alpha value is -0.360. The van der Waals surface area contributed by atoms with E-state index in [9.17, 15) is 4.79 Å². The largest absolute Gasteiger partial charge is 0.301 e. The molecule has 0 radical (unpaired) electrons. The molecular weight excluding hydrogens is 281 g/mol. The van der Waals surface area contributed by atoms with Crippen LogP contribution in [-0.2, 0) is 11.3 Å². The number of hydrogen-bond acceptors (Lipinski definition) is 4. The van der Waals surface area contributed by atoms with Crippen LogP contribution in [0.2, 0.25) is 0 Å². The summed E-state index contributed by atoms with van der Waals surface area (Å²) in [5.41, 5.74) is 1.02. The Morgan fingerprint density at radius 2 is 2.24 bits per heavy atom. The molecule has 1 aromatic rings. The van der Waals surface area contributed by atoms with E-state index in [1.165, 1.54) is 24.2 Å². The molecule has 1 aromatic heterocycles. The van der Waals surface area contributed by atoms with E-state index >= 15 is 0 Å². The fraction of sp³-hybridized carbons (Fsp3) is 0.600. The molecule has 2 rings (SSSR count). The summed E-state index contributed by atoms with van der Waals surface area (Å²) in [6.07, 6.45) is 2.56. The minimum absolute atomic E-state index is 0. The molecule has 1 fully saturated rings. The first kappa shape index (κ1) is 14.7. The molecule has 1 saturated heterocycles. The van der Waals surface area contributed by atoms with Crippen molar-refractivity contribution in [2.24, 2.45) is 0 Å². The summed E-state index contributed by atoms with van der Waals surface area (Å²) in [5, 5.41) is 5.28. The molecule has 0 aromatic carbocycles. The van der Waals surface area contributed by atoms with E-state index in [0.717, 1.165) is 25.3 Å². The number of alkyl halides is 1. The average molecular weight is 296 g/mol. The van der Waals surface area contributed by atoms with Gasteiger partial charge in [-0.05, 0) is 25.9 Å². The number of anilines is 1.